The van der Waals surface area contributed by atoms with Crippen LogP contribution in [0, 0.1) is 5.92 Å². The molecule has 1 aliphatic rings. The average molecular weight is 240 g/mol. The fourth-order valence-corrected chi connectivity index (χ4v) is 1.74. The predicted molar refractivity (Wildman–Crippen MR) is 50.1 cm³/mol. The minimum Gasteiger partial charge on any atom is -0.328 e. The Balaban J connectivity index is 2.24. The molecule has 1 amide bonds. The summed E-state index contributed by atoms with van der Waals surface area (Å²) in [5.41, 5.74) is 7.47. The lowest BCUT2D eigenvalue weighted by Gasteiger charge is -2.25. The van der Waals surface area contributed by atoms with Gasteiger partial charge in [-0.3, -0.25) is 9.63 Å². The zero-order chi connectivity index (χ0) is 12.2. The van der Waals surface area contributed by atoms with Crippen molar-refractivity contribution in [2.45, 2.75) is 37.9 Å². The van der Waals surface area contributed by atoms with Crippen molar-refractivity contribution in [1.29, 1.82) is 0 Å². The van der Waals surface area contributed by atoms with Crippen molar-refractivity contribution in [3.05, 3.63) is 0 Å². The topological polar surface area (TPSA) is 64.4 Å². The normalized spacial score (nSPS) is 26.5. The Morgan fingerprint density at radius 2 is 2.12 bits per heavy atom. The van der Waals surface area contributed by atoms with Crippen molar-refractivity contribution in [1.82, 2.24) is 5.48 Å². The summed E-state index contributed by atoms with van der Waals surface area (Å²) in [6.45, 7) is -1.47. The molecule has 94 valence electrons. The van der Waals surface area contributed by atoms with Gasteiger partial charge in [0.05, 0.1) is 0 Å². The summed E-state index contributed by atoms with van der Waals surface area (Å²) in [5, 5.41) is 0. The molecule has 16 heavy (non-hydrogen) atoms. The van der Waals surface area contributed by atoms with E-state index in [1.165, 1.54) is 0 Å². The van der Waals surface area contributed by atoms with Gasteiger partial charge in [-0.25, -0.2) is 5.48 Å². The van der Waals surface area contributed by atoms with Gasteiger partial charge in [0, 0.05) is 12.0 Å². The summed E-state index contributed by atoms with van der Waals surface area (Å²) in [7, 11) is 0. The molecule has 1 rings (SSSR count). The van der Waals surface area contributed by atoms with Crippen LogP contribution in [0.4, 0.5) is 13.2 Å². The number of hydrogen-bond donors (Lipinski definition) is 2. The van der Waals surface area contributed by atoms with Gasteiger partial charge in [0.25, 0.3) is 0 Å². The minimum atomic E-state index is -4.43. The van der Waals surface area contributed by atoms with Crippen molar-refractivity contribution in [2.24, 2.45) is 11.7 Å². The van der Waals surface area contributed by atoms with E-state index >= 15 is 0 Å². The van der Waals surface area contributed by atoms with E-state index in [1.54, 1.807) is 0 Å². The molecule has 0 spiro atoms. The first-order valence-electron chi connectivity index (χ1n) is 5.12. The van der Waals surface area contributed by atoms with Crippen molar-refractivity contribution < 1.29 is 22.8 Å². The van der Waals surface area contributed by atoms with Gasteiger partial charge in [-0.15, -0.1) is 0 Å². The third kappa shape index (κ3) is 4.80. The molecule has 1 aliphatic carbocycles. The van der Waals surface area contributed by atoms with Gasteiger partial charge in [0.1, 0.15) is 0 Å². The second-order valence-electron chi connectivity index (χ2n) is 3.99. The van der Waals surface area contributed by atoms with Crippen molar-refractivity contribution >= 4 is 5.91 Å². The fourth-order valence-electron chi connectivity index (χ4n) is 1.74. The van der Waals surface area contributed by atoms with Crippen LogP contribution in [0.1, 0.15) is 25.7 Å². The van der Waals surface area contributed by atoms with Crippen LogP contribution in [0.25, 0.3) is 0 Å². The van der Waals surface area contributed by atoms with E-state index in [-0.39, 0.29) is 12.0 Å². The number of nitrogens with two attached hydrogens (primary N) is 1. The lowest BCUT2D eigenvalue weighted by atomic mass is 9.86. The van der Waals surface area contributed by atoms with Gasteiger partial charge in [-0.2, -0.15) is 13.2 Å². The van der Waals surface area contributed by atoms with Crippen molar-refractivity contribution in [3.8, 4) is 0 Å². The molecular formula is C9H15F3N2O2. The van der Waals surface area contributed by atoms with Gasteiger partial charge in [0.15, 0.2) is 6.61 Å². The lowest BCUT2D eigenvalue weighted by molar-refractivity contribution is -0.193. The monoisotopic (exact) mass is 240 g/mol. The molecule has 0 radical (unpaired) electrons. The van der Waals surface area contributed by atoms with Crippen molar-refractivity contribution in [3.63, 3.8) is 0 Å². The van der Waals surface area contributed by atoms with Gasteiger partial charge in [-0.05, 0) is 19.3 Å². The van der Waals surface area contributed by atoms with Gasteiger partial charge in [-0.1, -0.05) is 6.42 Å². The van der Waals surface area contributed by atoms with Crippen LogP contribution in [0.2, 0.25) is 0 Å². The van der Waals surface area contributed by atoms with E-state index in [9.17, 15) is 18.0 Å². The third-order valence-electron chi connectivity index (χ3n) is 2.49. The highest BCUT2D eigenvalue weighted by Gasteiger charge is 2.30. The third-order valence-corrected chi connectivity index (χ3v) is 2.49. The highest BCUT2D eigenvalue weighted by atomic mass is 19.4. The maximum Gasteiger partial charge on any atom is 0.414 e. The van der Waals surface area contributed by atoms with Crippen LogP contribution < -0.4 is 11.2 Å². The summed E-state index contributed by atoms with van der Waals surface area (Å²) >= 11 is 0. The van der Waals surface area contributed by atoms with Crippen LogP contribution >= 0.6 is 0 Å². The molecule has 0 bridgehead atoms. The summed E-state index contributed by atoms with van der Waals surface area (Å²) in [6.07, 6.45) is -1.61. The number of amides is 1. The maximum absolute atomic E-state index is 11.7. The minimum absolute atomic E-state index is 0.0490. The number of hydroxylamine groups is 1. The smallest absolute Gasteiger partial charge is 0.328 e. The Labute approximate surface area is 91.3 Å². The highest BCUT2D eigenvalue weighted by molar-refractivity contribution is 5.77. The Kier molecular flexibility index (Phi) is 4.55. The average Bonchev–Trinajstić information content (AvgIpc) is 2.15. The quantitative estimate of drug-likeness (QED) is 0.726. The number of halogens is 3. The highest BCUT2D eigenvalue weighted by Crippen LogP contribution is 2.23. The van der Waals surface area contributed by atoms with Crippen LogP contribution in [-0.2, 0) is 9.63 Å². The van der Waals surface area contributed by atoms with E-state index in [4.69, 9.17) is 5.73 Å². The molecule has 2 unspecified atom stereocenters. The number of carbonyl (C=O) groups excluding carboxylic acids is 1. The molecule has 0 aromatic carbocycles. The van der Waals surface area contributed by atoms with Crippen LogP contribution in [0.5, 0.6) is 0 Å². The van der Waals surface area contributed by atoms with Crippen molar-refractivity contribution in [2.75, 3.05) is 6.61 Å². The Hall–Kier alpha value is -0.820. The first-order valence-corrected chi connectivity index (χ1v) is 5.12. The largest absolute Gasteiger partial charge is 0.414 e. The molecule has 0 aromatic rings. The summed E-state index contributed by atoms with van der Waals surface area (Å²) in [4.78, 5) is 15.5. The van der Waals surface area contributed by atoms with Gasteiger partial charge in [0.2, 0.25) is 5.91 Å². The number of carbonyl (C=O) groups is 1. The zero-order valence-corrected chi connectivity index (χ0v) is 8.72. The summed E-state index contributed by atoms with van der Waals surface area (Å²) in [5.74, 6) is -0.851. The Bertz CT molecular complexity index is 245. The van der Waals surface area contributed by atoms with E-state index in [1.807, 2.05) is 5.48 Å². The van der Waals surface area contributed by atoms with E-state index in [0.717, 1.165) is 12.8 Å². The van der Waals surface area contributed by atoms with Crippen LogP contribution in [0.3, 0.4) is 0 Å². The van der Waals surface area contributed by atoms with E-state index in [0.29, 0.717) is 12.8 Å². The number of alkyl halides is 3. The standard InChI is InChI=1S/C9H15F3N2O2/c10-9(11,12)5-16-14-8(15)6-2-1-3-7(13)4-6/h6-7H,1-5,13H2,(H,14,15). The first-order chi connectivity index (χ1) is 7.38. The molecule has 0 aromatic heterocycles. The molecule has 0 saturated heterocycles. The summed E-state index contributed by atoms with van der Waals surface area (Å²) in [6, 6.07) is -0.0490. The van der Waals surface area contributed by atoms with E-state index in [2.05, 4.69) is 4.84 Å². The molecule has 7 heteroatoms. The van der Waals surface area contributed by atoms with Crippen LogP contribution in [-0.4, -0.2) is 24.7 Å². The zero-order valence-electron chi connectivity index (χ0n) is 8.72. The Morgan fingerprint density at radius 1 is 1.44 bits per heavy atom. The lowest BCUT2D eigenvalue weighted by Crippen LogP contribution is -2.39. The van der Waals surface area contributed by atoms with Gasteiger partial charge < -0.3 is 5.73 Å². The summed E-state index contributed by atoms with van der Waals surface area (Å²) < 4.78 is 35.1. The van der Waals surface area contributed by atoms with E-state index < -0.39 is 18.7 Å². The fraction of sp³-hybridized carbons (Fsp3) is 0.889. The number of hydrogen-bond acceptors (Lipinski definition) is 3. The van der Waals surface area contributed by atoms with Crippen LogP contribution in [0.15, 0.2) is 0 Å². The second-order valence-corrected chi connectivity index (χ2v) is 3.99. The second kappa shape index (κ2) is 5.49. The molecule has 2 atom stereocenters. The molecule has 1 saturated carbocycles. The maximum atomic E-state index is 11.7. The molecule has 0 heterocycles. The van der Waals surface area contributed by atoms with Gasteiger partial charge >= 0.3 is 6.18 Å². The number of nitrogens with one attached hydrogen (secondary N) is 1. The molecular weight excluding hydrogens is 225 g/mol. The predicted octanol–water partition coefficient (Wildman–Crippen LogP) is 1.11. The Morgan fingerprint density at radius 3 is 2.69 bits per heavy atom. The molecule has 3 N–H and O–H groups in total. The molecule has 4 nitrogen and oxygen atoms in total. The molecule has 1 fully saturated rings. The number of rotatable bonds is 3. The molecule has 0 aliphatic heterocycles. The SMILES string of the molecule is NC1CCCC(C(=O)NOCC(F)(F)F)C1. The first kappa shape index (κ1) is 13.2.